The zero-order valence-electron chi connectivity index (χ0n) is 11.9. The molecule has 0 unspecified atom stereocenters. The number of hydrogen-bond donors (Lipinski definition) is 2. The molecule has 0 radical (unpaired) electrons. The second kappa shape index (κ2) is 13.1. The first kappa shape index (κ1) is 17.7. The van der Waals surface area contributed by atoms with Gasteiger partial charge in [0.15, 0.2) is 0 Å². The number of nitrogens with one attached hydrogen (secondary N) is 2. The average Bonchev–Trinajstić information content (AvgIpc) is 2.41. The summed E-state index contributed by atoms with van der Waals surface area (Å²) in [5.74, 6) is 10.8. The molecule has 0 spiro atoms. The minimum Gasteiger partial charge on any atom is -0.449 e. The van der Waals surface area contributed by atoms with Gasteiger partial charge in [-0.15, -0.1) is 0 Å². The molecule has 0 bridgehead atoms. The van der Waals surface area contributed by atoms with Crippen LogP contribution < -0.4 is 10.6 Å². The van der Waals surface area contributed by atoms with Gasteiger partial charge in [-0.05, 0) is 25.7 Å². The van der Waals surface area contributed by atoms with Crippen LogP contribution in [0.5, 0.6) is 0 Å². The molecule has 2 amide bonds. The molecule has 6 heteroatoms. The summed E-state index contributed by atoms with van der Waals surface area (Å²) in [5, 5.41) is 5.01. The summed E-state index contributed by atoms with van der Waals surface area (Å²) in [6, 6.07) is 0. The van der Waals surface area contributed by atoms with Gasteiger partial charge < -0.3 is 20.1 Å². The molecule has 20 heavy (non-hydrogen) atoms. The van der Waals surface area contributed by atoms with E-state index in [0.717, 1.165) is 0 Å². The van der Waals surface area contributed by atoms with E-state index in [1.807, 2.05) is 13.8 Å². The van der Waals surface area contributed by atoms with Crippen molar-refractivity contribution in [3.63, 3.8) is 0 Å². The largest absolute Gasteiger partial charge is 0.449 e. The van der Waals surface area contributed by atoms with E-state index in [1.165, 1.54) is 0 Å². The summed E-state index contributed by atoms with van der Waals surface area (Å²) in [6.45, 7) is 5.17. The van der Waals surface area contributed by atoms with Crippen LogP contribution >= 0.6 is 0 Å². The van der Waals surface area contributed by atoms with E-state index in [9.17, 15) is 9.59 Å². The maximum atomic E-state index is 10.9. The smallest absolute Gasteiger partial charge is 0.407 e. The lowest BCUT2D eigenvalue weighted by atomic mass is 10.4. The monoisotopic (exact) mass is 280 g/mol. The molecule has 0 aliphatic carbocycles. The Kier molecular flexibility index (Phi) is 11.6. The number of rotatable bonds is 6. The van der Waals surface area contributed by atoms with E-state index < -0.39 is 12.2 Å². The molecule has 0 aromatic rings. The fourth-order valence-electron chi connectivity index (χ4n) is 0.994. The van der Waals surface area contributed by atoms with Gasteiger partial charge in [0.1, 0.15) is 13.2 Å². The lowest BCUT2D eigenvalue weighted by Gasteiger charge is -2.01. The van der Waals surface area contributed by atoms with Gasteiger partial charge in [0.2, 0.25) is 0 Å². The molecule has 0 atom stereocenters. The normalized spacial score (nSPS) is 8.30. The topological polar surface area (TPSA) is 76.7 Å². The molecule has 0 rings (SSSR count). The predicted molar refractivity (Wildman–Crippen MR) is 74.8 cm³/mol. The third-order valence-electron chi connectivity index (χ3n) is 1.80. The molecule has 6 nitrogen and oxygen atoms in total. The summed E-state index contributed by atoms with van der Waals surface area (Å²) in [7, 11) is 0. The Morgan fingerprint density at radius 3 is 1.60 bits per heavy atom. The van der Waals surface area contributed by atoms with Crippen molar-refractivity contribution in [2.45, 2.75) is 26.7 Å². The molecule has 0 aliphatic rings. The summed E-state index contributed by atoms with van der Waals surface area (Å²) in [4.78, 5) is 21.8. The summed E-state index contributed by atoms with van der Waals surface area (Å²) in [6.07, 6.45) is -0.0200. The lowest BCUT2D eigenvalue weighted by molar-refractivity contribution is 0.148. The summed E-state index contributed by atoms with van der Waals surface area (Å²) >= 11 is 0. The lowest BCUT2D eigenvalue weighted by Crippen LogP contribution is -2.23. The van der Waals surface area contributed by atoms with E-state index >= 15 is 0 Å². The minimum absolute atomic E-state index is 0.237. The Bertz CT molecular complexity index is 372. The summed E-state index contributed by atoms with van der Waals surface area (Å²) < 4.78 is 9.62. The van der Waals surface area contributed by atoms with E-state index in [-0.39, 0.29) is 13.2 Å². The fourth-order valence-corrected chi connectivity index (χ4v) is 0.994. The molecule has 0 heterocycles. The maximum absolute atomic E-state index is 10.9. The molecule has 0 aliphatic heterocycles. The van der Waals surface area contributed by atoms with E-state index in [2.05, 4.69) is 34.3 Å². The third-order valence-corrected chi connectivity index (χ3v) is 1.80. The predicted octanol–water partition coefficient (Wildman–Crippen LogP) is 1.27. The molecular weight excluding hydrogens is 260 g/mol. The highest BCUT2D eigenvalue weighted by molar-refractivity contribution is 5.67. The highest BCUT2D eigenvalue weighted by atomic mass is 16.6. The Morgan fingerprint density at radius 1 is 0.850 bits per heavy atom. The first-order valence-corrected chi connectivity index (χ1v) is 6.47. The molecule has 110 valence electrons. The number of amides is 2. The van der Waals surface area contributed by atoms with Crippen molar-refractivity contribution in [3.8, 4) is 23.7 Å². The van der Waals surface area contributed by atoms with Gasteiger partial charge in [0, 0.05) is 25.9 Å². The van der Waals surface area contributed by atoms with Crippen molar-refractivity contribution in [2.24, 2.45) is 0 Å². The van der Waals surface area contributed by atoms with Gasteiger partial charge in [-0.1, -0.05) is 11.8 Å². The van der Waals surface area contributed by atoms with Gasteiger partial charge in [-0.2, -0.15) is 0 Å². The molecular formula is C14H20N2O4. The zero-order valence-corrected chi connectivity index (χ0v) is 11.9. The van der Waals surface area contributed by atoms with Crippen LogP contribution in [0.25, 0.3) is 0 Å². The fraction of sp³-hybridized carbons (Fsp3) is 0.571. The number of carbonyl (C=O) groups is 2. The van der Waals surface area contributed by atoms with Gasteiger partial charge in [-0.25, -0.2) is 9.59 Å². The second-order valence-corrected chi connectivity index (χ2v) is 3.44. The second-order valence-electron chi connectivity index (χ2n) is 3.44. The van der Waals surface area contributed by atoms with Crippen molar-refractivity contribution >= 4 is 12.2 Å². The van der Waals surface area contributed by atoms with E-state index in [4.69, 9.17) is 9.47 Å². The number of carbonyl (C=O) groups excluding carboxylic acids is 2. The highest BCUT2D eigenvalue weighted by Crippen LogP contribution is 1.83. The quantitative estimate of drug-likeness (QED) is 0.567. The van der Waals surface area contributed by atoms with Crippen LogP contribution in [-0.2, 0) is 9.47 Å². The van der Waals surface area contributed by atoms with E-state index in [1.54, 1.807) is 0 Å². The molecule has 0 saturated heterocycles. The van der Waals surface area contributed by atoms with E-state index in [0.29, 0.717) is 25.9 Å². The molecule has 0 fully saturated rings. The van der Waals surface area contributed by atoms with Crippen molar-refractivity contribution in [1.82, 2.24) is 10.6 Å². The Balaban J connectivity index is 3.55. The Hall–Kier alpha value is -2.34. The van der Waals surface area contributed by atoms with Crippen LogP contribution in [0, 0.1) is 23.7 Å². The van der Waals surface area contributed by atoms with Gasteiger partial charge in [0.25, 0.3) is 0 Å². The third kappa shape index (κ3) is 12.1. The standard InChI is InChI=1S/C14H20N2O4/c1-3-15-13(17)19-11-9-7-5-6-8-10-12-20-14(18)16-4-2/h3-4,9-12H2,1-2H3,(H,15,17)(H,16,18). The van der Waals surface area contributed by atoms with Crippen molar-refractivity contribution in [3.05, 3.63) is 0 Å². The van der Waals surface area contributed by atoms with Crippen molar-refractivity contribution in [1.29, 1.82) is 0 Å². The van der Waals surface area contributed by atoms with Crippen LogP contribution in [0.15, 0.2) is 0 Å². The maximum Gasteiger partial charge on any atom is 0.407 e. The van der Waals surface area contributed by atoms with Crippen LogP contribution in [-0.4, -0.2) is 38.5 Å². The molecule has 2 N–H and O–H groups in total. The van der Waals surface area contributed by atoms with Crippen LogP contribution in [0.2, 0.25) is 0 Å². The zero-order chi connectivity index (χ0) is 15.1. The minimum atomic E-state index is -0.442. The number of hydrogen-bond acceptors (Lipinski definition) is 4. The van der Waals surface area contributed by atoms with Gasteiger partial charge >= 0.3 is 12.2 Å². The highest BCUT2D eigenvalue weighted by Gasteiger charge is 1.96. The molecule has 0 aromatic heterocycles. The first-order valence-electron chi connectivity index (χ1n) is 6.47. The molecule has 0 aromatic carbocycles. The van der Waals surface area contributed by atoms with Crippen LogP contribution in [0.3, 0.4) is 0 Å². The Labute approximate surface area is 119 Å². The molecule has 0 saturated carbocycles. The number of ether oxygens (including phenoxy) is 2. The SMILES string of the molecule is CCNC(=O)OCCC#CC#CCCOC(=O)NCC. The van der Waals surface area contributed by atoms with Gasteiger partial charge in [-0.3, -0.25) is 0 Å². The average molecular weight is 280 g/mol. The number of alkyl carbamates (subject to hydrolysis) is 2. The Morgan fingerprint density at radius 2 is 1.25 bits per heavy atom. The summed E-state index contributed by atoms with van der Waals surface area (Å²) in [5.41, 5.74) is 0. The van der Waals surface area contributed by atoms with Crippen LogP contribution in [0.4, 0.5) is 9.59 Å². The van der Waals surface area contributed by atoms with Crippen LogP contribution in [0.1, 0.15) is 26.7 Å². The van der Waals surface area contributed by atoms with Crippen molar-refractivity contribution in [2.75, 3.05) is 26.3 Å². The van der Waals surface area contributed by atoms with Gasteiger partial charge in [0.05, 0.1) is 0 Å². The first-order chi connectivity index (χ1) is 9.70. The van der Waals surface area contributed by atoms with Crippen molar-refractivity contribution < 1.29 is 19.1 Å².